The fraction of sp³-hybridized carbons (Fsp3) is 0.857. The Morgan fingerprint density at radius 3 is 2.50 bits per heavy atom. The highest BCUT2D eigenvalue weighted by Gasteiger charge is 2.30. The second-order valence-corrected chi connectivity index (χ2v) is 3.24. The lowest BCUT2D eigenvalue weighted by Gasteiger charge is -2.07. The SMILES string of the molecule is O=C(CC(F)(F)F)NCCOCCBr. The van der Waals surface area contributed by atoms with Crippen molar-refractivity contribution in [2.24, 2.45) is 0 Å². The summed E-state index contributed by atoms with van der Waals surface area (Å²) in [6.45, 7) is 0.784. The molecule has 7 heteroatoms. The van der Waals surface area contributed by atoms with Crippen LogP contribution in [-0.4, -0.2) is 37.2 Å². The van der Waals surface area contributed by atoms with Gasteiger partial charge in [0, 0.05) is 11.9 Å². The van der Waals surface area contributed by atoms with Crippen LogP contribution in [0.5, 0.6) is 0 Å². The van der Waals surface area contributed by atoms with Gasteiger partial charge in [0.05, 0.1) is 13.2 Å². The van der Waals surface area contributed by atoms with E-state index in [1.165, 1.54) is 0 Å². The highest BCUT2D eigenvalue weighted by Crippen LogP contribution is 2.18. The van der Waals surface area contributed by atoms with Gasteiger partial charge < -0.3 is 10.1 Å². The zero-order valence-corrected chi connectivity index (χ0v) is 8.95. The molecule has 0 aliphatic rings. The average molecular weight is 278 g/mol. The minimum Gasteiger partial charge on any atom is -0.379 e. The van der Waals surface area contributed by atoms with Crippen molar-refractivity contribution < 1.29 is 22.7 Å². The highest BCUT2D eigenvalue weighted by molar-refractivity contribution is 9.09. The van der Waals surface area contributed by atoms with E-state index in [0.29, 0.717) is 11.9 Å². The van der Waals surface area contributed by atoms with Crippen LogP contribution < -0.4 is 5.32 Å². The zero-order valence-electron chi connectivity index (χ0n) is 7.36. The molecule has 0 spiro atoms. The van der Waals surface area contributed by atoms with E-state index in [1.54, 1.807) is 0 Å². The third-order valence-electron chi connectivity index (χ3n) is 1.15. The molecule has 0 saturated heterocycles. The highest BCUT2D eigenvalue weighted by atomic mass is 79.9. The van der Waals surface area contributed by atoms with Gasteiger partial charge in [-0.2, -0.15) is 13.2 Å². The van der Waals surface area contributed by atoms with Crippen LogP contribution in [0, 0.1) is 0 Å². The number of rotatable bonds is 6. The molecule has 0 aromatic carbocycles. The van der Waals surface area contributed by atoms with Gasteiger partial charge in [-0.05, 0) is 0 Å². The van der Waals surface area contributed by atoms with Crippen molar-refractivity contribution in [1.82, 2.24) is 5.32 Å². The van der Waals surface area contributed by atoms with Crippen LogP contribution in [-0.2, 0) is 9.53 Å². The van der Waals surface area contributed by atoms with E-state index < -0.39 is 18.5 Å². The summed E-state index contributed by atoms with van der Waals surface area (Å²) in [5.74, 6) is -1.03. The van der Waals surface area contributed by atoms with Crippen molar-refractivity contribution >= 4 is 21.8 Å². The molecule has 0 bridgehead atoms. The molecule has 0 aliphatic heterocycles. The van der Waals surface area contributed by atoms with Gasteiger partial charge in [0.1, 0.15) is 6.42 Å². The van der Waals surface area contributed by atoms with Crippen LogP contribution in [0.1, 0.15) is 6.42 Å². The summed E-state index contributed by atoms with van der Waals surface area (Å²) in [4.78, 5) is 10.6. The molecule has 0 aromatic heterocycles. The summed E-state index contributed by atoms with van der Waals surface area (Å²) in [6.07, 6.45) is -5.88. The number of carbonyl (C=O) groups is 1. The maximum atomic E-state index is 11.6. The molecule has 0 rings (SSSR count). The molecule has 0 atom stereocenters. The molecule has 0 radical (unpaired) electrons. The van der Waals surface area contributed by atoms with E-state index in [1.807, 2.05) is 0 Å². The van der Waals surface area contributed by atoms with E-state index in [2.05, 4.69) is 21.2 Å². The molecule has 0 heterocycles. The van der Waals surface area contributed by atoms with Crippen molar-refractivity contribution in [3.63, 3.8) is 0 Å². The van der Waals surface area contributed by atoms with Crippen molar-refractivity contribution in [1.29, 1.82) is 0 Å². The first-order valence-corrected chi connectivity index (χ1v) is 5.05. The monoisotopic (exact) mass is 277 g/mol. The number of alkyl halides is 4. The Hall–Kier alpha value is -0.300. The molecule has 0 aliphatic carbocycles. The predicted octanol–water partition coefficient (Wildman–Crippen LogP) is 1.47. The van der Waals surface area contributed by atoms with Crippen molar-refractivity contribution in [3.8, 4) is 0 Å². The molecule has 3 nitrogen and oxygen atoms in total. The number of carbonyl (C=O) groups excluding carboxylic acids is 1. The van der Waals surface area contributed by atoms with Crippen molar-refractivity contribution in [3.05, 3.63) is 0 Å². The van der Waals surface area contributed by atoms with Crippen LogP contribution >= 0.6 is 15.9 Å². The van der Waals surface area contributed by atoms with Gasteiger partial charge in [0.15, 0.2) is 0 Å². The van der Waals surface area contributed by atoms with Gasteiger partial charge in [0.2, 0.25) is 5.91 Å². The van der Waals surface area contributed by atoms with Crippen molar-refractivity contribution in [2.75, 3.05) is 25.1 Å². The lowest BCUT2D eigenvalue weighted by atomic mass is 10.4. The number of hydrogen-bond acceptors (Lipinski definition) is 2. The van der Waals surface area contributed by atoms with Gasteiger partial charge >= 0.3 is 6.18 Å². The Kier molecular flexibility index (Phi) is 6.90. The number of amides is 1. The maximum Gasteiger partial charge on any atom is 0.397 e. The number of halogens is 4. The summed E-state index contributed by atoms with van der Waals surface area (Å²) >= 11 is 3.11. The molecule has 0 unspecified atom stereocenters. The van der Waals surface area contributed by atoms with E-state index in [-0.39, 0.29) is 13.2 Å². The molecular weight excluding hydrogens is 267 g/mol. The first-order valence-electron chi connectivity index (χ1n) is 3.93. The second kappa shape index (κ2) is 7.05. The molecule has 0 saturated carbocycles. The minimum atomic E-state index is -4.44. The first-order chi connectivity index (χ1) is 6.45. The Balaban J connectivity index is 3.36. The average Bonchev–Trinajstić information content (AvgIpc) is 2.00. The standard InChI is InChI=1S/C7H11BrF3NO2/c8-1-3-14-4-2-12-6(13)5-7(9,10)11/h1-5H2,(H,12,13). The molecule has 1 amide bonds. The second-order valence-electron chi connectivity index (χ2n) is 2.44. The molecule has 0 fully saturated rings. The smallest absolute Gasteiger partial charge is 0.379 e. The lowest BCUT2D eigenvalue weighted by molar-refractivity contribution is -0.153. The van der Waals surface area contributed by atoms with Gasteiger partial charge in [-0.1, -0.05) is 15.9 Å². The molecule has 1 N–H and O–H groups in total. The number of ether oxygens (including phenoxy) is 1. The van der Waals surface area contributed by atoms with Crippen LogP contribution in [0.3, 0.4) is 0 Å². The van der Waals surface area contributed by atoms with Crippen LogP contribution in [0.25, 0.3) is 0 Å². The maximum absolute atomic E-state index is 11.6. The summed E-state index contributed by atoms with van der Waals surface area (Å²) in [6, 6.07) is 0. The summed E-state index contributed by atoms with van der Waals surface area (Å²) in [7, 11) is 0. The van der Waals surface area contributed by atoms with Gasteiger partial charge in [-0.15, -0.1) is 0 Å². The Bertz CT molecular complexity index is 175. The fourth-order valence-corrected chi connectivity index (χ4v) is 0.893. The predicted molar refractivity (Wildman–Crippen MR) is 48.3 cm³/mol. The number of hydrogen-bond donors (Lipinski definition) is 1. The third kappa shape index (κ3) is 9.79. The molecule has 84 valence electrons. The van der Waals surface area contributed by atoms with Crippen LogP contribution in [0.15, 0.2) is 0 Å². The van der Waals surface area contributed by atoms with Gasteiger partial charge in [-0.3, -0.25) is 4.79 Å². The van der Waals surface area contributed by atoms with Crippen LogP contribution in [0.2, 0.25) is 0 Å². The lowest BCUT2D eigenvalue weighted by Crippen LogP contribution is -2.31. The summed E-state index contributed by atoms with van der Waals surface area (Å²) in [5, 5.41) is 2.76. The van der Waals surface area contributed by atoms with Gasteiger partial charge in [0.25, 0.3) is 0 Å². The zero-order chi connectivity index (χ0) is 11.0. The van der Waals surface area contributed by atoms with E-state index in [4.69, 9.17) is 4.74 Å². The quantitative estimate of drug-likeness (QED) is 0.590. The topological polar surface area (TPSA) is 38.3 Å². The molecule has 0 aromatic rings. The van der Waals surface area contributed by atoms with Crippen molar-refractivity contribution in [2.45, 2.75) is 12.6 Å². The number of nitrogens with one attached hydrogen (secondary N) is 1. The normalized spacial score (nSPS) is 11.4. The van der Waals surface area contributed by atoms with E-state index in [0.717, 1.165) is 0 Å². The summed E-state index contributed by atoms with van der Waals surface area (Å²) in [5.41, 5.74) is 0. The molecular formula is C7H11BrF3NO2. The molecule has 14 heavy (non-hydrogen) atoms. The fourth-order valence-electron chi connectivity index (χ4n) is 0.664. The largest absolute Gasteiger partial charge is 0.397 e. The van der Waals surface area contributed by atoms with Crippen LogP contribution in [0.4, 0.5) is 13.2 Å². The minimum absolute atomic E-state index is 0.0991. The first kappa shape index (κ1) is 13.7. The Labute approximate surface area is 88.1 Å². The van der Waals surface area contributed by atoms with E-state index >= 15 is 0 Å². The third-order valence-corrected chi connectivity index (χ3v) is 1.47. The summed E-state index contributed by atoms with van der Waals surface area (Å²) < 4.78 is 39.8. The van der Waals surface area contributed by atoms with E-state index in [9.17, 15) is 18.0 Å². The Morgan fingerprint density at radius 1 is 1.36 bits per heavy atom. The van der Waals surface area contributed by atoms with Gasteiger partial charge in [-0.25, -0.2) is 0 Å². The Morgan fingerprint density at radius 2 is 2.00 bits per heavy atom.